The summed E-state index contributed by atoms with van der Waals surface area (Å²) in [5, 5.41) is 3.80. The number of nitrogens with zero attached hydrogens (tertiary/aromatic N) is 1. The van der Waals surface area contributed by atoms with Crippen molar-refractivity contribution in [3.63, 3.8) is 0 Å². The van der Waals surface area contributed by atoms with Gasteiger partial charge >= 0.3 is 11.9 Å². The third-order valence-corrected chi connectivity index (χ3v) is 13.0. The second-order valence-corrected chi connectivity index (χ2v) is 16.1. The van der Waals surface area contributed by atoms with Gasteiger partial charge in [-0.2, -0.15) is 0 Å². The Hall–Kier alpha value is -3.55. The molecule has 3 rings (SSSR count). The van der Waals surface area contributed by atoms with Gasteiger partial charge in [-0.25, -0.2) is 18.0 Å². The lowest BCUT2D eigenvalue weighted by molar-refractivity contribution is -0.180. The first-order valence-electron chi connectivity index (χ1n) is 17.0. The number of hydrogen-bond donors (Lipinski definition) is 1. The number of carbonyl (C=O) groups is 4. The van der Waals surface area contributed by atoms with Crippen LogP contribution in [0.2, 0.25) is 6.04 Å². The van der Waals surface area contributed by atoms with Gasteiger partial charge in [0.15, 0.2) is 0 Å². The van der Waals surface area contributed by atoms with Gasteiger partial charge in [-0.3, -0.25) is 24.6 Å². The summed E-state index contributed by atoms with van der Waals surface area (Å²) in [4.78, 5) is 53.3. The summed E-state index contributed by atoms with van der Waals surface area (Å²) in [7, 11) is -3.35. The Kier molecular flexibility index (Phi) is 15.5. The fourth-order valence-electron chi connectivity index (χ4n) is 6.29. The number of amides is 2. The number of nitrogens with one attached hydrogen (secondary N) is 1. The Morgan fingerprint density at radius 2 is 1.45 bits per heavy atom. The van der Waals surface area contributed by atoms with Crippen LogP contribution in [0.4, 0.5) is 13.2 Å². The largest absolute Gasteiger partial charge is 0.430 e. The van der Waals surface area contributed by atoms with Gasteiger partial charge in [-0.1, -0.05) is 74.5 Å². The Labute approximate surface area is 288 Å². The van der Waals surface area contributed by atoms with E-state index < -0.39 is 69.3 Å². The summed E-state index contributed by atoms with van der Waals surface area (Å²) in [6.45, 7) is 5.69. The summed E-state index contributed by atoms with van der Waals surface area (Å²) in [5.41, 5.74) is -1.78. The van der Waals surface area contributed by atoms with Crippen molar-refractivity contribution in [3.8, 4) is 0 Å². The maximum Gasteiger partial charge on any atom is 0.329 e. The van der Waals surface area contributed by atoms with Gasteiger partial charge in [0, 0.05) is 26.2 Å². The molecule has 0 saturated carbocycles. The zero-order chi connectivity index (χ0) is 36.0. The van der Waals surface area contributed by atoms with Crippen molar-refractivity contribution in [1.82, 2.24) is 10.2 Å². The fourth-order valence-corrected chi connectivity index (χ4v) is 10.3. The van der Waals surface area contributed by atoms with E-state index in [1.54, 1.807) is 13.8 Å². The van der Waals surface area contributed by atoms with Gasteiger partial charge < -0.3 is 13.9 Å². The minimum Gasteiger partial charge on any atom is -0.430 e. The molecule has 1 N–H and O–H groups in total. The van der Waals surface area contributed by atoms with E-state index in [-0.39, 0.29) is 44.9 Å². The number of imide groups is 1. The van der Waals surface area contributed by atoms with Gasteiger partial charge in [0.2, 0.25) is 24.5 Å². The number of rotatable bonds is 19. The number of hydrogen-bond acceptors (Lipinski definition) is 8. The molecule has 0 aliphatic carbocycles. The topological polar surface area (TPSA) is 111 Å². The monoisotopic (exact) mass is 706 g/mol. The number of ether oxygens (including phenoxy) is 2. The summed E-state index contributed by atoms with van der Waals surface area (Å²) in [6, 6.07) is 17.7. The molecule has 270 valence electrons. The molecule has 0 aromatic heterocycles. The summed E-state index contributed by atoms with van der Waals surface area (Å²) >= 11 is 0. The van der Waals surface area contributed by atoms with E-state index in [0.717, 1.165) is 10.4 Å². The fraction of sp³-hybridized carbons (Fsp3) is 0.556. The van der Waals surface area contributed by atoms with Crippen molar-refractivity contribution in [3.05, 3.63) is 60.7 Å². The summed E-state index contributed by atoms with van der Waals surface area (Å²) < 4.78 is 61.5. The van der Waals surface area contributed by atoms with Gasteiger partial charge in [0.25, 0.3) is 8.32 Å². The Balaban J connectivity index is 2.16. The van der Waals surface area contributed by atoms with E-state index in [2.05, 4.69) is 5.32 Å². The number of alkyl halides is 3. The molecule has 9 nitrogen and oxygen atoms in total. The van der Waals surface area contributed by atoms with Crippen LogP contribution in [0.3, 0.4) is 0 Å². The van der Waals surface area contributed by atoms with Crippen molar-refractivity contribution in [2.24, 2.45) is 0 Å². The highest BCUT2D eigenvalue weighted by atomic mass is 28.4. The zero-order valence-electron chi connectivity index (χ0n) is 28.8. The highest BCUT2D eigenvalue weighted by Crippen LogP contribution is 2.40. The van der Waals surface area contributed by atoms with E-state index in [1.165, 1.54) is 18.7 Å². The highest BCUT2D eigenvalue weighted by Gasteiger charge is 2.57. The molecular formula is C36H49F3N2O7Si. The lowest BCUT2D eigenvalue weighted by Gasteiger charge is -2.41. The molecule has 1 fully saturated rings. The second kappa shape index (κ2) is 19.0. The summed E-state index contributed by atoms with van der Waals surface area (Å²) in [5.74, 6) is -3.24. The van der Waals surface area contributed by atoms with Crippen molar-refractivity contribution in [1.29, 1.82) is 0 Å². The molecule has 2 aromatic carbocycles. The SMILES string of the molecule is CCCC(F)OC(=O)[C@H]1CC[C@@](CCC(=O)NC(C)=O)(C(=O)OC(F)CCC)N1CO[Si](CCC(C)F)(c1ccccc1)c1ccccc1. The Bertz CT molecular complexity index is 1330. The second-order valence-electron chi connectivity index (χ2n) is 12.6. The maximum atomic E-state index is 14.9. The minimum absolute atomic E-state index is 0.0120. The molecule has 0 bridgehead atoms. The Morgan fingerprint density at radius 3 is 1.96 bits per heavy atom. The average molecular weight is 707 g/mol. The number of halogens is 3. The van der Waals surface area contributed by atoms with Crippen molar-refractivity contribution >= 4 is 42.4 Å². The smallest absolute Gasteiger partial charge is 0.329 e. The highest BCUT2D eigenvalue weighted by molar-refractivity contribution is 6.97. The molecule has 2 amide bonds. The number of likely N-dealkylation sites (tertiary alicyclic amines) is 1. The van der Waals surface area contributed by atoms with Crippen LogP contribution in [0.15, 0.2) is 60.7 Å². The molecule has 5 atom stereocenters. The first-order chi connectivity index (χ1) is 23.4. The Morgan fingerprint density at radius 1 is 0.898 bits per heavy atom. The first kappa shape index (κ1) is 39.9. The van der Waals surface area contributed by atoms with Crippen LogP contribution < -0.4 is 15.7 Å². The number of esters is 2. The maximum absolute atomic E-state index is 14.9. The number of benzene rings is 2. The predicted molar refractivity (Wildman–Crippen MR) is 181 cm³/mol. The average Bonchev–Trinajstić information content (AvgIpc) is 3.44. The van der Waals surface area contributed by atoms with E-state index in [9.17, 15) is 32.3 Å². The van der Waals surface area contributed by atoms with Gasteiger partial charge in [-0.15, -0.1) is 0 Å². The standard InChI is InChI=1S/C36H49F3N2O7Si/c1-5-13-31(38)47-34(44)30-19-22-36(23-20-33(43)40-27(4)42,35(45)48-32(39)14-6-2)41(30)25-46-49(24-21-26(3)37,28-15-9-7-10-16-28)29-17-11-8-12-18-29/h7-12,15-18,26,30-32H,5-6,13-14,19-25H2,1-4H3,(H,40,42,43)/t26?,30-,31?,32?,36-/m1/s1. The normalized spacial score (nSPS) is 19.9. The van der Waals surface area contributed by atoms with Crippen LogP contribution in [0.25, 0.3) is 0 Å². The van der Waals surface area contributed by atoms with E-state index in [1.807, 2.05) is 60.7 Å². The molecule has 3 unspecified atom stereocenters. The number of carbonyl (C=O) groups excluding carboxylic acids is 4. The van der Waals surface area contributed by atoms with Gasteiger partial charge in [0.05, 0.1) is 12.9 Å². The van der Waals surface area contributed by atoms with Crippen LogP contribution in [0.5, 0.6) is 0 Å². The molecular weight excluding hydrogens is 657 g/mol. The van der Waals surface area contributed by atoms with Gasteiger partial charge in [0.1, 0.15) is 11.6 Å². The molecule has 1 aliphatic rings. The van der Waals surface area contributed by atoms with Gasteiger partial charge in [-0.05, 0) is 61.9 Å². The predicted octanol–water partition coefficient (Wildman–Crippen LogP) is 5.39. The molecule has 49 heavy (non-hydrogen) atoms. The third-order valence-electron chi connectivity index (χ3n) is 8.83. The molecule has 0 radical (unpaired) electrons. The third kappa shape index (κ3) is 10.7. The molecule has 0 spiro atoms. The van der Waals surface area contributed by atoms with E-state index in [0.29, 0.717) is 18.9 Å². The van der Waals surface area contributed by atoms with Crippen molar-refractivity contribution in [2.75, 3.05) is 6.73 Å². The van der Waals surface area contributed by atoms with Crippen LogP contribution in [-0.2, 0) is 33.1 Å². The molecule has 1 saturated heterocycles. The lowest BCUT2D eigenvalue weighted by atomic mass is 9.90. The molecule has 1 aliphatic heterocycles. The van der Waals surface area contributed by atoms with E-state index >= 15 is 0 Å². The molecule has 13 heteroatoms. The van der Waals surface area contributed by atoms with E-state index in [4.69, 9.17) is 13.9 Å². The van der Waals surface area contributed by atoms with Crippen LogP contribution in [0, 0.1) is 0 Å². The molecule has 1 heterocycles. The quantitative estimate of drug-likeness (QED) is 0.153. The minimum atomic E-state index is -3.35. The summed E-state index contributed by atoms with van der Waals surface area (Å²) in [6.07, 6.45) is -4.86. The zero-order valence-corrected chi connectivity index (χ0v) is 29.8. The van der Waals surface area contributed by atoms with Crippen LogP contribution in [-0.4, -0.2) is 74.2 Å². The lowest BCUT2D eigenvalue weighted by Crippen LogP contribution is -2.64. The molecule has 2 aromatic rings. The first-order valence-corrected chi connectivity index (χ1v) is 19.2. The van der Waals surface area contributed by atoms with Crippen LogP contribution in [0.1, 0.15) is 85.5 Å². The van der Waals surface area contributed by atoms with Crippen LogP contribution >= 0.6 is 0 Å². The van der Waals surface area contributed by atoms with Crippen molar-refractivity contribution < 1.29 is 46.2 Å². The van der Waals surface area contributed by atoms with Crippen molar-refractivity contribution in [2.45, 2.75) is 122 Å².